The molecule has 2 fully saturated rings. The zero-order valence-corrected chi connectivity index (χ0v) is 15.3. The molecule has 0 atom stereocenters. The summed E-state index contributed by atoms with van der Waals surface area (Å²) in [6, 6.07) is 7.75. The lowest BCUT2D eigenvalue weighted by Crippen LogP contribution is -2.34. The Balaban J connectivity index is 1.40. The van der Waals surface area contributed by atoms with E-state index in [1.807, 2.05) is 24.3 Å². The van der Waals surface area contributed by atoms with Gasteiger partial charge in [-0.1, -0.05) is 36.6 Å². The molecule has 1 heterocycles. The van der Waals surface area contributed by atoms with E-state index in [2.05, 4.69) is 0 Å². The van der Waals surface area contributed by atoms with Crippen molar-refractivity contribution in [2.45, 2.75) is 44.8 Å². The van der Waals surface area contributed by atoms with Gasteiger partial charge in [-0.15, -0.1) is 0 Å². The van der Waals surface area contributed by atoms with E-state index in [1.54, 1.807) is 7.11 Å². The van der Waals surface area contributed by atoms with Crippen LogP contribution in [0.1, 0.15) is 50.4 Å². The molecule has 0 radical (unpaired) electrons. The van der Waals surface area contributed by atoms with Gasteiger partial charge in [-0.3, -0.25) is 0 Å². The van der Waals surface area contributed by atoms with Gasteiger partial charge in [-0.25, -0.2) is 0 Å². The molecule has 4 heteroatoms. The van der Waals surface area contributed by atoms with Gasteiger partial charge in [0.2, 0.25) is 0 Å². The Bertz CT molecular complexity index is 474. The summed E-state index contributed by atoms with van der Waals surface area (Å²) in [4.78, 5) is 0. The third-order valence-corrected chi connectivity index (χ3v) is 5.84. The minimum Gasteiger partial charge on any atom is -0.385 e. The average Bonchev–Trinajstić information content (AvgIpc) is 2.63. The molecule has 2 aliphatic rings. The van der Waals surface area contributed by atoms with Crippen LogP contribution in [-0.2, 0) is 14.2 Å². The molecule has 0 N–H and O–H groups in total. The molecule has 0 aromatic heterocycles. The highest BCUT2D eigenvalue weighted by Gasteiger charge is 2.32. The molecule has 3 rings (SSSR count). The first-order chi connectivity index (χ1) is 11.8. The zero-order chi connectivity index (χ0) is 16.8. The first-order valence-electron chi connectivity index (χ1n) is 9.24. The zero-order valence-electron chi connectivity index (χ0n) is 14.6. The lowest BCUT2D eigenvalue weighted by molar-refractivity contribution is -0.214. The van der Waals surface area contributed by atoms with Crippen molar-refractivity contribution in [3.8, 4) is 0 Å². The molecule has 0 unspecified atom stereocenters. The van der Waals surface area contributed by atoms with Gasteiger partial charge in [0.1, 0.15) is 0 Å². The van der Waals surface area contributed by atoms with Gasteiger partial charge in [0.25, 0.3) is 0 Å². The van der Waals surface area contributed by atoms with Crippen molar-refractivity contribution in [3.05, 3.63) is 34.9 Å². The van der Waals surface area contributed by atoms with Gasteiger partial charge in [-0.2, -0.15) is 0 Å². The van der Waals surface area contributed by atoms with Gasteiger partial charge >= 0.3 is 0 Å². The van der Waals surface area contributed by atoms with Crippen LogP contribution in [0.25, 0.3) is 0 Å². The first kappa shape index (κ1) is 18.2. The second-order valence-corrected chi connectivity index (χ2v) is 7.66. The number of halogens is 1. The summed E-state index contributed by atoms with van der Waals surface area (Å²) in [5, 5.41) is 0.745. The molecule has 1 saturated carbocycles. The Kier molecular flexibility index (Phi) is 6.96. The van der Waals surface area contributed by atoms with Crippen molar-refractivity contribution < 1.29 is 14.2 Å². The van der Waals surface area contributed by atoms with Crippen molar-refractivity contribution in [1.82, 2.24) is 0 Å². The smallest absolute Gasteiger partial charge is 0.183 e. The monoisotopic (exact) mass is 352 g/mol. The summed E-state index contributed by atoms with van der Waals surface area (Å²) in [6.45, 7) is 2.52. The van der Waals surface area contributed by atoms with Crippen LogP contribution in [-0.4, -0.2) is 26.9 Å². The maximum absolute atomic E-state index is 5.99. The highest BCUT2D eigenvalue weighted by atomic mass is 35.5. The van der Waals surface area contributed by atoms with Gasteiger partial charge < -0.3 is 14.2 Å². The fourth-order valence-corrected chi connectivity index (χ4v) is 4.19. The summed E-state index contributed by atoms with van der Waals surface area (Å²) < 4.78 is 17.2. The van der Waals surface area contributed by atoms with Crippen LogP contribution in [0.15, 0.2) is 24.3 Å². The Morgan fingerprint density at radius 3 is 2.29 bits per heavy atom. The fourth-order valence-electron chi connectivity index (χ4n) is 4.07. The highest BCUT2D eigenvalue weighted by Crippen LogP contribution is 2.38. The number of methoxy groups -OCH3 is 1. The summed E-state index contributed by atoms with van der Waals surface area (Å²) in [5.74, 6) is 2.20. The van der Waals surface area contributed by atoms with Gasteiger partial charge in [0.15, 0.2) is 6.29 Å². The van der Waals surface area contributed by atoms with Gasteiger partial charge in [0.05, 0.1) is 13.2 Å². The van der Waals surface area contributed by atoms with Crippen LogP contribution in [0.3, 0.4) is 0 Å². The molecule has 0 bridgehead atoms. The standard InChI is InChI=1S/C20H29ClO3/c1-22-12-2-3-15-4-6-16(7-5-15)18-13-23-20(24-14-18)17-8-10-19(21)11-9-17/h8-11,15-16,18,20H,2-7,12-14H2,1H3/t15-,16-,18-,20-. The Morgan fingerprint density at radius 2 is 1.67 bits per heavy atom. The van der Waals surface area contributed by atoms with Crippen LogP contribution in [0.2, 0.25) is 5.02 Å². The second kappa shape index (κ2) is 9.19. The van der Waals surface area contributed by atoms with Gasteiger partial charge in [-0.05, 0) is 49.7 Å². The van der Waals surface area contributed by atoms with Crippen LogP contribution >= 0.6 is 11.6 Å². The number of hydrogen-bond acceptors (Lipinski definition) is 3. The van der Waals surface area contributed by atoms with E-state index in [0.29, 0.717) is 5.92 Å². The molecule has 3 nitrogen and oxygen atoms in total. The minimum atomic E-state index is -0.233. The van der Waals surface area contributed by atoms with E-state index < -0.39 is 0 Å². The molecule has 0 amide bonds. The van der Waals surface area contributed by atoms with Crippen LogP contribution in [0, 0.1) is 17.8 Å². The number of benzene rings is 1. The van der Waals surface area contributed by atoms with Crippen molar-refractivity contribution >= 4 is 11.6 Å². The molecule has 1 aromatic rings. The van der Waals surface area contributed by atoms with Crippen LogP contribution in [0.5, 0.6) is 0 Å². The molecular weight excluding hydrogens is 324 g/mol. The number of ether oxygens (including phenoxy) is 3. The van der Waals surface area contributed by atoms with E-state index in [9.17, 15) is 0 Å². The molecule has 1 aliphatic heterocycles. The van der Waals surface area contributed by atoms with Gasteiger partial charge in [0, 0.05) is 30.2 Å². The lowest BCUT2D eigenvalue weighted by atomic mass is 9.75. The highest BCUT2D eigenvalue weighted by molar-refractivity contribution is 6.30. The summed E-state index contributed by atoms with van der Waals surface area (Å²) in [6.07, 6.45) is 7.63. The predicted molar refractivity (Wildman–Crippen MR) is 96.1 cm³/mol. The summed E-state index contributed by atoms with van der Waals surface area (Å²) in [7, 11) is 1.79. The molecule has 1 aliphatic carbocycles. The molecule has 134 valence electrons. The predicted octanol–water partition coefficient (Wildman–Crippen LogP) is 5.23. The third kappa shape index (κ3) is 4.95. The molecule has 1 saturated heterocycles. The number of hydrogen-bond donors (Lipinski definition) is 0. The van der Waals surface area contributed by atoms with E-state index in [4.69, 9.17) is 25.8 Å². The molecular formula is C20H29ClO3. The summed E-state index contributed by atoms with van der Waals surface area (Å²) >= 11 is 5.94. The van der Waals surface area contributed by atoms with E-state index in [1.165, 1.54) is 38.5 Å². The summed E-state index contributed by atoms with van der Waals surface area (Å²) in [5.41, 5.74) is 1.06. The number of rotatable bonds is 6. The SMILES string of the molecule is COCCC[C@H]1CC[C@H]([C@H]2CO[C@H](c3ccc(Cl)cc3)OC2)CC1. The topological polar surface area (TPSA) is 27.7 Å². The molecule has 0 spiro atoms. The Labute approximate surface area is 150 Å². The normalized spacial score (nSPS) is 31.1. The van der Waals surface area contributed by atoms with E-state index in [0.717, 1.165) is 42.2 Å². The van der Waals surface area contributed by atoms with Crippen molar-refractivity contribution in [2.75, 3.05) is 26.9 Å². The first-order valence-corrected chi connectivity index (χ1v) is 9.61. The Morgan fingerprint density at radius 1 is 1.00 bits per heavy atom. The lowest BCUT2D eigenvalue weighted by Gasteiger charge is -2.37. The molecule has 1 aromatic carbocycles. The minimum absolute atomic E-state index is 0.233. The van der Waals surface area contributed by atoms with Crippen LogP contribution < -0.4 is 0 Å². The van der Waals surface area contributed by atoms with Crippen molar-refractivity contribution in [1.29, 1.82) is 0 Å². The third-order valence-electron chi connectivity index (χ3n) is 5.58. The Hall–Kier alpha value is -0.610. The fraction of sp³-hybridized carbons (Fsp3) is 0.700. The largest absolute Gasteiger partial charge is 0.385 e. The average molecular weight is 353 g/mol. The van der Waals surface area contributed by atoms with Crippen molar-refractivity contribution in [3.63, 3.8) is 0 Å². The quantitative estimate of drug-likeness (QED) is 0.656. The van der Waals surface area contributed by atoms with Crippen molar-refractivity contribution in [2.24, 2.45) is 17.8 Å². The molecule has 24 heavy (non-hydrogen) atoms. The van der Waals surface area contributed by atoms with Crippen LogP contribution in [0.4, 0.5) is 0 Å². The second-order valence-electron chi connectivity index (χ2n) is 7.23. The maximum Gasteiger partial charge on any atom is 0.183 e. The maximum atomic E-state index is 5.99. The van der Waals surface area contributed by atoms with E-state index >= 15 is 0 Å². The van der Waals surface area contributed by atoms with E-state index in [-0.39, 0.29) is 6.29 Å².